The van der Waals surface area contributed by atoms with Crippen LogP contribution in [0.5, 0.6) is 0 Å². The van der Waals surface area contributed by atoms with E-state index in [0.29, 0.717) is 17.3 Å². The maximum absolute atomic E-state index is 13.0. The minimum Gasteiger partial charge on any atom is -0.310 e. The van der Waals surface area contributed by atoms with Gasteiger partial charge in [-0.15, -0.1) is 0 Å². The number of amides is 1. The molecule has 2 atom stereocenters. The molecule has 0 bridgehead atoms. The van der Waals surface area contributed by atoms with Gasteiger partial charge in [0.1, 0.15) is 16.0 Å². The third-order valence-corrected chi connectivity index (χ3v) is 5.44. The topological polar surface area (TPSA) is 59.3 Å². The van der Waals surface area contributed by atoms with Crippen molar-refractivity contribution in [2.45, 2.75) is 13.8 Å². The van der Waals surface area contributed by atoms with Gasteiger partial charge in [0.15, 0.2) is 0 Å². The second-order valence-corrected chi connectivity index (χ2v) is 8.24. The first-order valence-corrected chi connectivity index (χ1v) is 9.37. The number of fused-ring (bicyclic) bond motifs is 1. The Morgan fingerprint density at radius 3 is 2.67 bits per heavy atom. The van der Waals surface area contributed by atoms with Crippen molar-refractivity contribution in [2.75, 3.05) is 5.32 Å². The van der Waals surface area contributed by atoms with Crippen LogP contribution in [-0.2, 0) is 4.79 Å². The van der Waals surface area contributed by atoms with Gasteiger partial charge in [-0.3, -0.25) is 9.20 Å². The van der Waals surface area contributed by atoms with Crippen LogP contribution in [0.4, 0.5) is 5.82 Å². The van der Waals surface area contributed by atoms with Crippen LogP contribution in [0, 0.1) is 17.3 Å². The minimum absolute atomic E-state index is 0.0000131. The molecule has 4 rings (SSSR count). The van der Waals surface area contributed by atoms with Crippen molar-refractivity contribution < 1.29 is 4.79 Å². The van der Waals surface area contributed by atoms with Gasteiger partial charge in [-0.05, 0) is 23.5 Å². The first kappa shape index (κ1) is 18.0. The second kappa shape index (κ2) is 6.66. The highest BCUT2D eigenvalue weighted by molar-refractivity contribution is 6.55. The Labute approximate surface area is 167 Å². The van der Waals surface area contributed by atoms with Gasteiger partial charge in [0, 0.05) is 18.0 Å². The molecule has 2 heterocycles. The molecular formula is C20H18Cl2N4O. The molecule has 2 aromatic heterocycles. The summed E-state index contributed by atoms with van der Waals surface area (Å²) in [6.45, 7) is 4.06. The van der Waals surface area contributed by atoms with E-state index in [9.17, 15) is 4.79 Å². The Kier molecular flexibility index (Phi) is 4.44. The number of nitrogens with zero attached hydrogens (tertiary/aromatic N) is 3. The molecule has 3 aromatic rings. The van der Waals surface area contributed by atoms with Crippen LogP contribution < -0.4 is 5.32 Å². The van der Waals surface area contributed by atoms with Crippen molar-refractivity contribution in [3.05, 3.63) is 59.4 Å². The van der Waals surface area contributed by atoms with Gasteiger partial charge in [0.05, 0.1) is 5.92 Å². The summed E-state index contributed by atoms with van der Waals surface area (Å²) in [6, 6.07) is 11.5. The van der Waals surface area contributed by atoms with E-state index in [4.69, 9.17) is 23.2 Å². The molecule has 7 heteroatoms. The third kappa shape index (κ3) is 3.22. The maximum atomic E-state index is 13.0. The highest BCUT2D eigenvalue weighted by atomic mass is 35.5. The van der Waals surface area contributed by atoms with Crippen LogP contribution in [0.1, 0.15) is 13.8 Å². The quantitative estimate of drug-likeness (QED) is 0.675. The number of anilines is 1. The average molecular weight is 401 g/mol. The Morgan fingerprint density at radius 2 is 1.96 bits per heavy atom. The number of benzene rings is 1. The zero-order chi connectivity index (χ0) is 19.2. The number of halogens is 2. The number of rotatable bonds is 4. The fraction of sp³-hybridized carbons (Fsp3) is 0.250. The standard InChI is InChI=1S/C20H18Cl2N4O/c1-20(2)13(11-14(21)22)15(20)18(27)25-17-16(12-7-4-3-5-8-12)24-19-23-9-6-10-26(17)19/h3-11,13,15H,1-2H3,(H,25,27)/t13-,15+/m0/s1. The molecule has 1 aliphatic carbocycles. The van der Waals surface area contributed by atoms with Gasteiger partial charge in [0.25, 0.3) is 0 Å². The summed E-state index contributed by atoms with van der Waals surface area (Å²) in [5.74, 6) is 0.841. The number of imidazole rings is 1. The fourth-order valence-corrected chi connectivity index (χ4v) is 3.90. The van der Waals surface area contributed by atoms with Crippen molar-refractivity contribution >= 4 is 40.7 Å². The molecule has 1 N–H and O–H groups in total. The Morgan fingerprint density at radius 1 is 1.22 bits per heavy atom. The predicted octanol–water partition coefficient (Wildman–Crippen LogP) is 4.93. The number of allylic oxidation sites excluding steroid dienone is 1. The number of aromatic nitrogens is 3. The molecule has 0 radical (unpaired) electrons. The van der Waals surface area contributed by atoms with Crippen molar-refractivity contribution in [1.29, 1.82) is 0 Å². The lowest BCUT2D eigenvalue weighted by atomic mass is 10.1. The van der Waals surface area contributed by atoms with Gasteiger partial charge >= 0.3 is 0 Å². The number of carbonyl (C=O) groups excluding carboxylic acids is 1. The summed E-state index contributed by atoms with van der Waals surface area (Å²) >= 11 is 11.6. The SMILES string of the molecule is CC1(C)[C@@H](C=C(Cl)Cl)[C@@H]1C(=O)Nc1c(-c2ccccc2)nc2ncccn12. The van der Waals surface area contributed by atoms with Gasteiger partial charge in [0.2, 0.25) is 11.7 Å². The normalized spacial score (nSPS) is 20.3. The lowest BCUT2D eigenvalue weighted by molar-refractivity contribution is -0.118. The molecule has 0 aliphatic heterocycles. The van der Waals surface area contributed by atoms with E-state index in [-0.39, 0.29) is 27.6 Å². The molecule has 1 saturated carbocycles. The van der Waals surface area contributed by atoms with Crippen LogP contribution in [0.2, 0.25) is 0 Å². The van der Waals surface area contributed by atoms with Crippen LogP contribution >= 0.6 is 23.2 Å². The number of hydrogen-bond acceptors (Lipinski definition) is 3. The van der Waals surface area contributed by atoms with Gasteiger partial charge in [-0.1, -0.05) is 67.4 Å². The smallest absolute Gasteiger partial charge is 0.235 e. The van der Waals surface area contributed by atoms with E-state index < -0.39 is 0 Å². The van der Waals surface area contributed by atoms with Crippen molar-refractivity contribution in [3.63, 3.8) is 0 Å². The van der Waals surface area contributed by atoms with Crippen molar-refractivity contribution in [3.8, 4) is 11.3 Å². The molecule has 27 heavy (non-hydrogen) atoms. The van der Waals surface area contributed by atoms with E-state index >= 15 is 0 Å². The van der Waals surface area contributed by atoms with E-state index in [1.54, 1.807) is 22.7 Å². The fourth-order valence-electron chi connectivity index (χ4n) is 3.62. The van der Waals surface area contributed by atoms with Gasteiger partial charge < -0.3 is 5.32 Å². The molecule has 1 fully saturated rings. The lowest BCUT2D eigenvalue weighted by Crippen LogP contribution is -2.18. The summed E-state index contributed by atoms with van der Waals surface area (Å²) in [5, 5.41) is 3.06. The van der Waals surface area contributed by atoms with Gasteiger partial charge in [-0.2, -0.15) is 0 Å². The van der Waals surface area contributed by atoms with E-state index in [0.717, 1.165) is 5.56 Å². The molecule has 1 amide bonds. The Bertz CT molecular complexity index is 1040. The summed E-state index contributed by atoms with van der Waals surface area (Å²) in [6.07, 6.45) is 5.25. The summed E-state index contributed by atoms with van der Waals surface area (Å²) in [4.78, 5) is 21.9. The van der Waals surface area contributed by atoms with E-state index in [1.165, 1.54) is 0 Å². The molecule has 0 unspecified atom stereocenters. The van der Waals surface area contributed by atoms with Crippen molar-refractivity contribution in [1.82, 2.24) is 14.4 Å². The number of nitrogens with one attached hydrogen (secondary N) is 1. The van der Waals surface area contributed by atoms with Crippen LogP contribution in [0.3, 0.4) is 0 Å². The zero-order valence-corrected chi connectivity index (χ0v) is 16.4. The minimum atomic E-state index is -0.212. The van der Waals surface area contributed by atoms with Crippen LogP contribution in [-0.4, -0.2) is 20.3 Å². The summed E-state index contributed by atoms with van der Waals surface area (Å²) < 4.78 is 1.97. The summed E-state index contributed by atoms with van der Waals surface area (Å²) in [5.41, 5.74) is 1.39. The molecule has 5 nitrogen and oxygen atoms in total. The molecule has 138 valence electrons. The lowest BCUT2D eigenvalue weighted by Gasteiger charge is -2.08. The Hall–Kier alpha value is -2.37. The predicted molar refractivity (Wildman–Crippen MR) is 108 cm³/mol. The molecular weight excluding hydrogens is 383 g/mol. The van der Waals surface area contributed by atoms with Crippen LogP contribution in [0.15, 0.2) is 59.4 Å². The average Bonchev–Trinajstić information content (AvgIpc) is 2.99. The monoisotopic (exact) mass is 400 g/mol. The number of hydrogen-bond donors (Lipinski definition) is 1. The maximum Gasteiger partial charge on any atom is 0.235 e. The molecule has 1 aromatic carbocycles. The van der Waals surface area contributed by atoms with E-state index in [1.807, 2.05) is 50.4 Å². The van der Waals surface area contributed by atoms with E-state index in [2.05, 4.69) is 15.3 Å². The molecule has 0 spiro atoms. The molecule has 0 saturated heterocycles. The summed E-state index contributed by atoms with van der Waals surface area (Å²) in [7, 11) is 0. The first-order chi connectivity index (χ1) is 12.9. The zero-order valence-electron chi connectivity index (χ0n) is 14.9. The first-order valence-electron chi connectivity index (χ1n) is 8.62. The largest absolute Gasteiger partial charge is 0.310 e. The van der Waals surface area contributed by atoms with Gasteiger partial charge in [-0.25, -0.2) is 9.97 Å². The Balaban J connectivity index is 1.72. The molecule has 1 aliphatic rings. The highest BCUT2D eigenvalue weighted by Crippen LogP contribution is 2.60. The third-order valence-electron chi connectivity index (χ3n) is 5.19. The highest BCUT2D eigenvalue weighted by Gasteiger charge is 2.60. The van der Waals surface area contributed by atoms with Crippen LogP contribution in [0.25, 0.3) is 17.0 Å². The van der Waals surface area contributed by atoms with Crippen molar-refractivity contribution in [2.24, 2.45) is 17.3 Å². The number of carbonyl (C=O) groups is 1. The second-order valence-electron chi connectivity index (χ2n) is 7.24.